The van der Waals surface area contributed by atoms with E-state index < -0.39 is 33.1 Å². The molecule has 0 bridgehead atoms. The van der Waals surface area contributed by atoms with E-state index in [2.05, 4.69) is 10.6 Å². The number of amides is 1. The van der Waals surface area contributed by atoms with Gasteiger partial charge in [0.25, 0.3) is 11.5 Å². The van der Waals surface area contributed by atoms with Crippen LogP contribution in [-0.2, 0) is 22.8 Å². The highest BCUT2D eigenvalue weighted by Crippen LogP contribution is 2.35. The molecule has 4 N–H and O–H groups in total. The van der Waals surface area contributed by atoms with E-state index in [-0.39, 0.29) is 40.2 Å². The Morgan fingerprint density at radius 1 is 1.25 bits per heavy atom. The number of pyridine rings is 1. The van der Waals surface area contributed by atoms with Crippen LogP contribution in [0.5, 0.6) is 11.5 Å². The molecule has 190 valence electrons. The Balaban J connectivity index is 1.85. The Hall–Kier alpha value is -2.97. The Bertz CT molecular complexity index is 1520. The number of aromatic nitrogens is 1. The van der Waals surface area contributed by atoms with E-state index in [1.54, 1.807) is 24.3 Å². The highest BCUT2D eigenvalue weighted by molar-refractivity contribution is 14.1. The summed E-state index contributed by atoms with van der Waals surface area (Å²) in [6.07, 6.45) is 1.66. The molecule has 0 atom stereocenters. The number of ether oxygens (including phenoxy) is 1. The number of hydrogen-bond donors (Lipinski definition) is 3. The predicted octanol–water partition coefficient (Wildman–Crippen LogP) is 3.65. The summed E-state index contributed by atoms with van der Waals surface area (Å²) in [6.45, 7) is 1.52. The van der Waals surface area contributed by atoms with Crippen molar-refractivity contribution >= 4 is 50.0 Å². The van der Waals surface area contributed by atoms with Crippen molar-refractivity contribution < 1.29 is 22.3 Å². The smallest absolute Gasteiger partial charge is 0.259 e. The second kappa shape index (κ2) is 10.2. The van der Waals surface area contributed by atoms with Crippen LogP contribution in [0.2, 0.25) is 0 Å². The summed E-state index contributed by atoms with van der Waals surface area (Å²) in [5.74, 6) is -1.20. The van der Waals surface area contributed by atoms with Gasteiger partial charge in [-0.3, -0.25) is 14.2 Å². The molecule has 0 saturated heterocycles. The maximum Gasteiger partial charge on any atom is 0.259 e. The number of sulfonamides is 1. The van der Waals surface area contributed by atoms with Crippen LogP contribution in [0.25, 0.3) is 0 Å². The third-order valence-electron chi connectivity index (χ3n) is 5.58. The fourth-order valence-electron chi connectivity index (χ4n) is 3.65. The van der Waals surface area contributed by atoms with E-state index in [9.17, 15) is 22.4 Å². The van der Waals surface area contributed by atoms with Crippen LogP contribution >= 0.6 is 22.6 Å². The molecule has 0 unspecified atom stereocenters. The standard InChI is InChI=1S/C24H24FIN4O5S/c1-13-21(35-17-5-3-4-14(10-17)12-36(27,33)34)20(23(31)28-16-7-8-16)22(30(2)24(13)32)29-19-9-6-15(26)11-18(19)25/h3-6,9-11,16,29H,7-8,12H2,1-2H3,(H,28,31)(H2,27,33,34). The first kappa shape index (κ1) is 26.1. The topological polar surface area (TPSA) is 133 Å². The first-order valence-corrected chi connectivity index (χ1v) is 13.8. The van der Waals surface area contributed by atoms with E-state index in [4.69, 9.17) is 9.88 Å². The van der Waals surface area contributed by atoms with E-state index >= 15 is 0 Å². The SMILES string of the molecule is Cc1c(Oc2cccc(CS(N)(=O)=O)c2)c(C(=O)NC2CC2)c(Nc2ccc(I)cc2F)n(C)c1=O. The summed E-state index contributed by atoms with van der Waals surface area (Å²) in [5, 5.41) is 10.9. The molecule has 1 aliphatic carbocycles. The average Bonchev–Trinajstić information content (AvgIpc) is 3.60. The van der Waals surface area contributed by atoms with Crippen molar-refractivity contribution in [3.63, 3.8) is 0 Å². The highest BCUT2D eigenvalue weighted by atomic mass is 127. The van der Waals surface area contributed by atoms with Gasteiger partial charge in [-0.1, -0.05) is 12.1 Å². The largest absolute Gasteiger partial charge is 0.456 e. The lowest BCUT2D eigenvalue weighted by atomic mass is 10.1. The van der Waals surface area contributed by atoms with Gasteiger partial charge >= 0.3 is 0 Å². The molecule has 12 heteroatoms. The van der Waals surface area contributed by atoms with Crippen molar-refractivity contribution in [2.75, 3.05) is 5.32 Å². The summed E-state index contributed by atoms with van der Waals surface area (Å²) in [5.41, 5.74) is 0.179. The fraction of sp³-hybridized carbons (Fsp3) is 0.250. The van der Waals surface area contributed by atoms with E-state index in [0.29, 0.717) is 9.13 Å². The number of rotatable bonds is 8. The summed E-state index contributed by atoms with van der Waals surface area (Å²) in [4.78, 5) is 26.5. The minimum atomic E-state index is -3.78. The van der Waals surface area contributed by atoms with Crippen molar-refractivity contribution in [3.8, 4) is 11.5 Å². The van der Waals surface area contributed by atoms with Crippen molar-refractivity contribution in [1.82, 2.24) is 9.88 Å². The lowest BCUT2D eigenvalue weighted by molar-refractivity contribution is 0.0948. The number of hydrogen-bond acceptors (Lipinski definition) is 6. The van der Waals surface area contributed by atoms with Gasteiger partial charge in [0.1, 0.15) is 22.9 Å². The number of anilines is 2. The second-order valence-corrected chi connectivity index (χ2v) is 11.5. The van der Waals surface area contributed by atoms with Crippen LogP contribution in [0.15, 0.2) is 47.3 Å². The summed E-state index contributed by atoms with van der Waals surface area (Å²) >= 11 is 1.98. The molecule has 0 aliphatic heterocycles. The second-order valence-electron chi connectivity index (χ2n) is 8.60. The first-order chi connectivity index (χ1) is 16.9. The molecule has 2 aromatic carbocycles. The number of benzene rings is 2. The molecule has 9 nitrogen and oxygen atoms in total. The molecule has 1 amide bonds. The van der Waals surface area contributed by atoms with Crippen LogP contribution in [0.4, 0.5) is 15.9 Å². The van der Waals surface area contributed by atoms with Crippen molar-refractivity contribution in [3.05, 3.63) is 78.9 Å². The first-order valence-electron chi connectivity index (χ1n) is 11.0. The van der Waals surface area contributed by atoms with E-state index in [1.807, 2.05) is 22.6 Å². The number of nitrogens with one attached hydrogen (secondary N) is 2. The lowest BCUT2D eigenvalue weighted by Gasteiger charge is -2.21. The van der Waals surface area contributed by atoms with Crippen LogP contribution in [0, 0.1) is 16.3 Å². The molecular formula is C24H24FIN4O5S. The van der Waals surface area contributed by atoms with Gasteiger partial charge in [0, 0.05) is 16.7 Å². The summed E-state index contributed by atoms with van der Waals surface area (Å²) < 4.78 is 45.7. The van der Waals surface area contributed by atoms with Gasteiger partial charge in [0.2, 0.25) is 10.0 Å². The monoisotopic (exact) mass is 626 g/mol. The van der Waals surface area contributed by atoms with Gasteiger partial charge in [-0.15, -0.1) is 0 Å². The van der Waals surface area contributed by atoms with E-state index in [0.717, 1.165) is 12.8 Å². The molecule has 1 aromatic heterocycles. The molecule has 1 fully saturated rings. The van der Waals surface area contributed by atoms with Gasteiger partial charge in [0.05, 0.1) is 17.0 Å². The molecule has 1 aliphatic rings. The number of carbonyl (C=O) groups is 1. The fourth-order valence-corrected chi connectivity index (χ4v) is 4.75. The Morgan fingerprint density at radius 3 is 2.61 bits per heavy atom. The predicted molar refractivity (Wildman–Crippen MR) is 143 cm³/mol. The third kappa shape index (κ3) is 6.05. The van der Waals surface area contributed by atoms with Crippen molar-refractivity contribution in [2.45, 2.75) is 31.6 Å². The molecule has 0 spiro atoms. The Kier molecular flexibility index (Phi) is 7.38. The third-order valence-corrected chi connectivity index (χ3v) is 6.98. The van der Waals surface area contributed by atoms with Crippen molar-refractivity contribution in [1.29, 1.82) is 0 Å². The van der Waals surface area contributed by atoms with Gasteiger partial charge in [-0.25, -0.2) is 17.9 Å². The van der Waals surface area contributed by atoms with Gasteiger partial charge in [-0.05, 0) is 78.3 Å². The normalized spacial score (nSPS) is 13.4. The summed E-state index contributed by atoms with van der Waals surface area (Å²) in [6, 6.07) is 10.7. The van der Waals surface area contributed by atoms with Crippen LogP contribution in [-0.4, -0.2) is 24.9 Å². The zero-order chi connectivity index (χ0) is 26.2. The minimum Gasteiger partial charge on any atom is -0.456 e. The van der Waals surface area contributed by atoms with Gasteiger partial charge in [-0.2, -0.15) is 0 Å². The number of carbonyl (C=O) groups excluding carboxylic acids is 1. The highest BCUT2D eigenvalue weighted by Gasteiger charge is 2.30. The Morgan fingerprint density at radius 2 is 1.97 bits per heavy atom. The maximum atomic E-state index is 14.7. The van der Waals surface area contributed by atoms with Gasteiger partial charge in [0.15, 0.2) is 5.75 Å². The molecular weight excluding hydrogens is 602 g/mol. The van der Waals surface area contributed by atoms with Crippen LogP contribution in [0.3, 0.4) is 0 Å². The molecule has 3 aromatic rings. The van der Waals surface area contributed by atoms with E-state index in [1.165, 1.54) is 36.7 Å². The van der Waals surface area contributed by atoms with Gasteiger partial charge < -0.3 is 15.4 Å². The lowest BCUT2D eigenvalue weighted by Crippen LogP contribution is -2.31. The molecule has 1 saturated carbocycles. The zero-order valence-corrected chi connectivity index (χ0v) is 22.4. The summed E-state index contributed by atoms with van der Waals surface area (Å²) in [7, 11) is -2.30. The average molecular weight is 626 g/mol. The quantitative estimate of drug-likeness (QED) is 0.327. The zero-order valence-electron chi connectivity index (χ0n) is 19.5. The Labute approximate surface area is 221 Å². The minimum absolute atomic E-state index is 0.00358. The van der Waals surface area contributed by atoms with Crippen LogP contribution < -0.4 is 26.1 Å². The number of primary sulfonamides is 1. The van der Waals surface area contributed by atoms with Crippen LogP contribution in [0.1, 0.15) is 34.3 Å². The number of nitrogens with two attached hydrogens (primary N) is 1. The molecule has 0 radical (unpaired) electrons. The molecule has 36 heavy (non-hydrogen) atoms. The molecule has 1 heterocycles. The number of halogens is 2. The molecule has 4 rings (SSSR count). The number of nitrogens with zero attached hydrogens (tertiary/aromatic N) is 1. The van der Waals surface area contributed by atoms with Crippen molar-refractivity contribution in [2.24, 2.45) is 12.2 Å². The maximum absolute atomic E-state index is 14.7.